The molecule has 1 saturated heterocycles. The number of piperazine rings is 1. The van der Waals surface area contributed by atoms with E-state index in [4.69, 9.17) is 0 Å². The highest BCUT2D eigenvalue weighted by Crippen LogP contribution is 2.14. The summed E-state index contributed by atoms with van der Waals surface area (Å²) in [4.78, 5) is 28.1. The monoisotopic (exact) mass is 347 g/mol. The number of β-amino-alcohol motifs (C(OH)–C–C–N with tert-alkyl or cyclic N) is 1. The molecule has 1 aliphatic heterocycles. The Morgan fingerprint density at radius 2 is 1.72 bits per heavy atom. The summed E-state index contributed by atoms with van der Waals surface area (Å²) in [6.45, 7) is 11.0. The van der Waals surface area contributed by atoms with Crippen LogP contribution in [-0.2, 0) is 4.79 Å². The molecule has 0 bridgehead atoms. The van der Waals surface area contributed by atoms with E-state index in [0.29, 0.717) is 17.8 Å². The number of benzene rings is 1. The third-order valence-electron chi connectivity index (χ3n) is 4.50. The van der Waals surface area contributed by atoms with Gasteiger partial charge in [-0.15, -0.1) is 0 Å². The topological polar surface area (TPSA) is 72.9 Å². The first-order valence-corrected chi connectivity index (χ1v) is 8.76. The van der Waals surface area contributed by atoms with Crippen molar-refractivity contribution in [3.8, 4) is 0 Å². The van der Waals surface area contributed by atoms with E-state index in [0.717, 1.165) is 26.2 Å². The van der Waals surface area contributed by atoms with Crippen molar-refractivity contribution in [2.75, 3.05) is 38.0 Å². The fraction of sp³-hybridized carbons (Fsp3) is 0.579. The molecule has 1 aliphatic rings. The minimum Gasteiger partial charge on any atom is -0.389 e. The molecule has 2 rings (SSSR count). The minimum atomic E-state index is -0.697. The van der Waals surface area contributed by atoms with E-state index in [1.54, 1.807) is 24.3 Å². The minimum absolute atomic E-state index is 0.00942. The lowest BCUT2D eigenvalue weighted by atomic mass is 10.1. The first-order valence-electron chi connectivity index (χ1n) is 8.76. The summed E-state index contributed by atoms with van der Waals surface area (Å²) in [7, 11) is 0. The standard InChI is InChI=1S/C19H29N3O3/c1-14(22-11-9-21(10-12-22)13-19(3,4)25)18(24)20-17-7-5-16(6-8-17)15(2)23/h5-8,14,25H,9-13H2,1-4H3,(H,20,24)/t14-/m0/s1. The lowest BCUT2D eigenvalue weighted by Crippen LogP contribution is -2.54. The third-order valence-corrected chi connectivity index (χ3v) is 4.50. The van der Waals surface area contributed by atoms with Crippen LogP contribution < -0.4 is 5.32 Å². The Balaban J connectivity index is 1.85. The number of aliphatic hydroxyl groups is 1. The van der Waals surface area contributed by atoms with Crippen LogP contribution in [0.5, 0.6) is 0 Å². The molecular weight excluding hydrogens is 318 g/mol. The fourth-order valence-corrected chi connectivity index (χ4v) is 3.06. The summed E-state index contributed by atoms with van der Waals surface area (Å²) in [6.07, 6.45) is 0. The molecule has 1 fully saturated rings. The highest BCUT2D eigenvalue weighted by atomic mass is 16.3. The van der Waals surface area contributed by atoms with Gasteiger partial charge in [0.05, 0.1) is 11.6 Å². The Kier molecular flexibility index (Phi) is 6.32. The van der Waals surface area contributed by atoms with Crippen LogP contribution in [0.15, 0.2) is 24.3 Å². The van der Waals surface area contributed by atoms with Gasteiger partial charge >= 0.3 is 0 Å². The molecule has 1 heterocycles. The number of Topliss-reactive ketones (excluding diaryl/α,β-unsaturated/α-hetero) is 1. The summed E-state index contributed by atoms with van der Waals surface area (Å²) in [5.41, 5.74) is 0.633. The lowest BCUT2D eigenvalue weighted by Gasteiger charge is -2.39. The Bertz CT molecular complexity index is 599. The van der Waals surface area contributed by atoms with Crippen molar-refractivity contribution >= 4 is 17.4 Å². The molecule has 0 spiro atoms. The Hall–Kier alpha value is -1.76. The zero-order valence-corrected chi connectivity index (χ0v) is 15.6. The van der Waals surface area contributed by atoms with Gasteiger partial charge in [0.2, 0.25) is 5.91 Å². The number of carbonyl (C=O) groups excluding carboxylic acids is 2. The quantitative estimate of drug-likeness (QED) is 0.765. The molecule has 0 unspecified atom stereocenters. The second kappa shape index (κ2) is 8.08. The second-order valence-corrected chi connectivity index (χ2v) is 7.42. The van der Waals surface area contributed by atoms with Crippen LogP contribution in [-0.4, -0.2) is 71.0 Å². The van der Waals surface area contributed by atoms with Crippen molar-refractivity contribution in [2.24, 2.45) is 0 Å². The average molecular weight is 347 g/mol. The molecule has 1 aromatic rings. The first kappa shape index (κ1) is 19.6. The Labute approximate surface area is 149 Å². The number of hydrogen-bond donors (Lipinski definition) is 2. The second-order valence-electron chi connectivity index (χ2n) is 7.42. The summed E-state index contributed by atoms with van der Waals surface area (Å²) in [5, 5.41) is 12.8. The fourth-order valence-electron chi connectivity index (χ4n) is 3.06. The molecule has 2 N–H and O–H groups in total. The van der Waals surface area contributed by atoms with Crippen molar-refractivity contribution in [3.05, 3.63) is 29.8 Å². The summed E-state index contributed by atoms with van der Waals surface area (Å²) < 4.78 is 0. The van der Waals surface area contributed by atoms with Gasteiger partial charge in [0, 0.05) is 44.0 Å². The zero-order chi connectivity index (χ0) is 18.6. The Morgan fingerprint density at radius 1 is 1.16 bits per heavy atom. The summed E-state index contributed by atoms with van der Waals surface area (Å²) in [6, 6.07) is 6.72. The summed E-state index contributed by atoms with van der Waals surface area (Å²) >= 11 is 0. The predicted molar refractivity (Wildman–Crippen MR) is 98.8 cm³/mol. The number of nitrogens with one attached hydrogen (secondary N) is 1. The Morgan fingerprint density at radius 3 is 2.20 bits per heavy atom. The highest BCUT2D eigenvalue weighted by Gasteiger charge is 2.27. The van der Waals surface area contributed by atoms with Crippen LogP contribution in [0.3, 0.4) is 0 Å². The van der Waals surface area contributed by atoms with Gasteiger partial charge in [-0.25, -0.2) is 0 Å². The van der Waals surface area contributed by atoms with Crippen molar-refractivity contribution < 1.29 is 14.7 Å². The van der Waals surface area contributed by atoms with E-state index >= 15 is 0 Å². The number of hydrogen-bond acceptors (Lipinski definition) is 5. The zero-order valence-electron chi connectivity index (χ0n) is 15.6. The van der Waals surface area contributed by atoms with Gasteiger partial charge in [-0.05, 0) is 52.0 Å². The molecule has 1 amide bonds. The van der Waals surface area contributed by atoms with Crippen LogP contribution >= 0.6 is 0 Å². The molecular formula is C19H29N3O3. The predicted octanol–water partition coefficient (Wildman–Crippen LogP) is 1.60. The first-order chi connectivity index (χ1) is 11.7. The normalized spacial score (nSPS) is 18.0. The van der Waals surface area contributed by atoms with Crippen LogP contribution in [0, 0.1) is 0 Å². The van der Waals surface area contributed by atoms with E-state index in [-0.39, 0.29) is 17.7 Å². The van der Waals surface area contributed by atoms with Crippen molar-refractivity contribution in [1.29, 1.82) is 0 Å². The van der Waals surface area contributed by atoms with Crippen LogP contribution in [0.4, 0.5) is 5.69 Å². The number of anilines is 1. The van der Waals surface area contributed by atoms with Gasteiger partial charge in [-0.3, -0.25) is 19.4 Å². The molecule has 6 nitrogen and oxygen atoms in total. The lowest BCUT2D eigenvalue weighted by molar-refractivity contribution is -0.121. The van der Waals surface area contributed by atoms with Crippen molar-refractivity contribution in [3.63, 3.8) is 0 Å². The molecule has 0 radical (unpaired) electrons. The average Bonchev–Trinajstić information content (AvgIpc) is 2.54. The van der Waals surface area contributed by atoms with E-state index in [9.17, 15) is 14.7 Å². The van der Waals surface area contributed by atoms with Crippen LogP contribution in [0.25, 0.3) is 0 Å². The SMILES string of the molecule is CC(=O)c1ccc(NC(=O)[C@H](C)N2CCN(CC(C)(C)O)CC2)cc1. The molecule has 1 aromatic carbocycles. The van der Waals surface area contributed by atoms with Crippen molar-refractivity contribution in [1.82, 2.24) is 9.80 Å². The maximum absolute atomic E-state index is 12.5. The maximum atomic E-state index is 12.5. The van der Waals surface area contributed by atoms with E-state index in [2.05, 4.69) is 15.1 Å². The van der Waals surface area contributed by atoms with Gasteiger partial charge in [0.15, 0.2) is 5.78 Å². The largest absolute Gasteiger partial charge is 0.389 e. The molecule has 6 heteroatoms. The van der Waals surface area contributed by atoms with Gasteiger partial charge in [-0.2, -0.15) is 0 Å². The highest BCUT2D eigenvalue weighted by molar-refractivity contribution is 5.96. The smallest absolute Gasteiger partial charge is 0.241 e. The molecule has 1 atom stereocenters. The van der Waals surface area contributed by atoms with Crippen LogP contribution in [0.2, 0.25) is 0 Å². The number of nitrogens with zero attached hydrogens (tertiary/aromatic N) is 2. The van der Waals surface area contributed by atoms with Gasteiger partial charge in [-0.1, -0.05) is 0 Å². The molecule has 138 valence electrons. The summed E-state index contributed by atoms with van der Waals surface area (Å²) in [5.74, 6) is -0.0401. The third kappa shape index (κ3) is 5.92. The number of ketones is 1. The molecule has 0 saturated carbocycles. The van der Waals surface area contributed by atoms with Gasteiger partial charge in [0.25, 0.3) is 0 Å². The van der Waals surface area contributed by atoms with E-state index in [1.807, 2.05) is 20.8 Å². The van der Waals surface area contributed by atoms with Crippen molar-refractivity contribution in [2.45, 2.75) is 39.3 Å². The molecule has 25 heavy (non-hydrogen) atoms. The van der Waals surface area contributed by atoms with Gasteiger partial charge in [0.1, 0.15) is 0 Å². The maximum Gasteiger partial charge on any atom is 0.241 e. The number of amides is 1. The molecule has 0 aliphatic carbocycles. The van der Waals surface area contributed by atoms with E-state index in [1.165, 1.54) is 6.92 Å². The van der Waals surface area contributed by atoms with Crippen LogP contribution in [0.1, 0.15) is 38.1 Å². The number of carbonyl (C=O) groups is 2. The molecule has 0 aromatic heterocycles. The van der Waals surface area contributed by atoms with Gasteiger partial charge < -0.3 is 10.4 Å². The van der Waals surface area contributed by atoms with E-state index < -0.39 is 5.60 Å². The number of rotatable bonds is 6.